The number of hydrogen-bond acceptors (Lipinski definition) is 8. The first-order chi connectivity index (χ1) is 28.7. The zero-order valence-electron chi connectivity index (χ0n) is 37.5. The van der Waals surface area contributed by atoms with E-state index in [0.717, 1.165) is 44.1 Å². The van der Waals surface area contributed by atoms with Crippen LogP contribution < -0.4 is 27.4 Å². The first kappa shape index (κ1) is 53.9. The Kier molecular flexibility index (Phi) is 29.3. The van der Waals surface area contributed by atoms with E-state index in [9.17, 15) is 34.2 Å². The van der Waals surface area contributed by atoms with Crippen LogP contribution in [0.15, 0.2) is 47.5 Å². The highest BCUT2D eigenvalue weighted by Crippen LogP contribution is 2.19. The summed E-state index contributed by atoms with van der Waals surface area (Å²) in [7, 11) is 0. The van der Waals surface area contributed by atoms with E-state index in [2.05, 4.69) is 40.0 Å². The summed E-state index contributed by atoms with van der Waals surface area (Å²) in [4.78, 5) is 71.7. The fourth-order valence-corrected chi connectivity index (χ4v) is 7.05. The summed E-state index contributed by atoms with van der Waals surface area (Å²) in [5.41, 5.74) is 11.7. The first-order valence-electron chi connectivity index (χ1n) is 22.7. The summed E-state index contributed by atoms with van der Waals surface area (Å²) in [6, 6.07) is 6.02. The molecule has 0 aliphatic rings. The summed E-state index contributed by atoms with van der Waals surface area (Å²) in [6.45, 7) is 8.99. The highest BCUT2D eigenvalue weighted by molar-refractivity contribution is 5.96. The molecule has 1 aromatic rings. The lowest BCUT2D eigenvalue weighted by molar-refractivity contribution is -0.136. The minimum atomic E-state index is -1.27. The molecule has 0 aliphatic carbocycles. The van der Waals surface area contributed by atoms with Gasteiger partial charge in [0.2, 0.25) is 17.7 Å². The molecule has 0 radical (unpaired) electrons. The molecule has 1 aromatic carbocycles. The van der Waals surface area contributed by atoms with E-state index in [1.807, 2.05) is 30.3 Å². The molecule has 1 rings (SSSR count). The molecular formula is C47H80N6O7. The van der Waals surface area contributed by atoms with Crippen molar-refractivity contribution in [1.82, 2.24) is 16.0 Å². The fourth-order valence-electron chi connectivity index (χ4n) is 7.05. The van der Waals surface area contributed by atoms with Crippen LogP contribution in [0.2, 0.25) is 0 Å². The van der Waals surface area contributed by atoms with E-state index in [1.54, 1.807) is 20.8 Å². The number of benzene rings is 1. The van der Waals surface area contributed by atoms with Crippen LogP contribution in [-0.4, -0.2) is 82.8 Å². The summed E-state index contributed by atoms with van der Waals surface area (Å²) < 4.78 is 0. The van der Waals surface area contributed by atoms with Gasteiger partial charge in [0.25, 0.3) is 0 Å². The molecule has 13 heteroatoms. The Balaban J connectivity index is 2.86. The molecule has 0 unspecified atom stereocenters. The fraction of sp³-hybridized carbons (Fsp3) is 0.702. The number of Topliss-reactive ketones (excluding diaryl/α,β-unsaturated/α-hetero) is 2. The van der Waals surface area contributed by atoms with Crippen LogP contribution in [0.25, 0.3) is 0 Å². The Bertz CT molecular complexity index is 1430. The number of allylic oxidation sites excluding steroid dienone is 2. The zero-order chi connectivity index (χ0) is 44.7. The van der Waals surface area contributed by atoms with Crippen LogP contribution in [0.5, 0.6) is 0 Å². The number of guanidine groups is 1. The van der Waals surface area contributed by atoms with Gasteiger partial charge in [0, 0.05) is 38.3 Å². The van der Waals surface area contributed by atoms with Crippen LogP contribution in [0.3, 0.4) is 0 Å². The molecule has 9 N–H and O–H groups in total. The second kappa shape index (κ2) is 32.6. The van der Waals surface area contributed by atoms with Crippen molar-refractivity contribution in [1.29, 1.82) is 0 Å². The van der Waals surface area contributed by atoms with Gasteiger partial charge in [-0.15, -0.1) is 0 Å². The quantitative estimate of drug-likeness (QED) is 0.0185. The third-order valence-electron chi connectivity index (χ3n) is 10.7. The molecule has 6 atom stereocenters. The predicted molar refractivity (Wildman–Crippen MR) is 241 cm³/mol. The molecule has 0 aromatic heterocycles. The number of nitrogens with two attached hydrogens (primary N) is 2. The number of hydrogen-bond donors (Lipinski definition) is 7. The van der Waals surface area contributed by atoms with Gasteiger partial charge in [-0.05, 0) is 75.7 Å². The van der Waals surface area contributed by atoms with E-state index in [0.29, 0.717) is 12.8 Å². The third kappa shape index (κ3) is 24.9. The molecule has 0 bridgehead atoms. The maximum absolute atomic E-state index is 14.0. The van der Waals surface area contributed by atoms with Crippen molar-refractivity contribution in [2.24, 2.45) is 34.2 Å². The van der Waals surface area contributed by atoms with Crippen LogP contribution in [0, 0.1) is 17.8 Å². The van der Waals surface area contributed by atoms with Gasteiger partial charge in [-0.25, -0.2) is 0 Å². The molecule has 0 spiro atoms. The van der Waals surface area contributed by atoms with Crippen LogP contribution >= 0.6 is 0 Å². The number of amides is 3. The van der Waals surface area contributed by atoms with Crippen molar-refractivity contribution in [3.8, 4) is 0 Å². The van der Waals surface area contributed by atoms with Crippen molar-refractivity contribution in [2.75, 3.05) is 13.2 Å². The lowest BCUT2D eigenvalue weighted by Gasteiger charge is -2.28. The van der Waals surface area contributed by atoms with Crippen molar-refractivity contribution in [3.05, 3.63) is 48.0 Å². The monoisotopic (exact) mass is 841 g/mol. The highest BCUT2D eigenvalue weighted by atomic mass is 16.3. The molecule has 3 amide bonds. The van der Waals surface area contributed by atoms with Crippen molar-refractivity contribution in [3.63, 3.8) is 0 Å². The summed E-state index contributed by atoms with van der Waals surface area (Å²) in [5.74, 6) is -3.86. The van der Waals surface area contributed by atoms with Gasteiger partial charge in [-0.1, -0.05) is 122 Å². The number of unbranched alkanes of at least 4 members (excludes halogenated alkanes) is 11. The van der Waals surface area contributed by atoms with E-state index in [-0.39, 0.29) is 74.7 Å². The van der Waals surface area contributed by atoms with Gasteiger partial charge in [-0.3, -0.25) is 29.0 Å². The maximum Gasteiger partial charge on any atom is 0.245 e. The number of ketones is 2. The lowest BCUT2D eigenvalue weighted by Crippen LogP contribution is -2.57. The first-order valence-corrected chi connectivity index (χ1v) is 22.7. The molecular weight excluding hydrogens is 761 g/mol. The number of nitrogens with zero attached hydrogens (tertiary/aromatic N) is 1. The minimum Gasteiger partial charge on any atom is -0.396 e. The minimum absolute atomic E-state index is 0.0476. The van der Waals surface area contributed by atoms with Crippen molar-refractivity contribution < 1.29 is 34.2 Å². The standard InChI is InChI=1S/C47H80N6O7/c1-6-7-8-9-10-11-12-13-14-15-16-17-18-19-23-28-42(58)52-44(36(5)55)46(60)53-43(34(2)3)41(57)32-38(31-37-25-21-20-22-26-37)45(59)51-39(27-24-29-50-47(48)49)40(56)30-35(4)33-54/h13-14,20-22,25-26,34-36,38-39,43-44,54-55H,6-12,15-19,23-24,27-33H2,1-5H3,(H,51,59)(H,52,58)(H,53,60)(H4,48,49,50)/b14-13+/t35-,36+,38+,39-,43-,44-/m0/s1. The van der Waals surface area contributed by atoms with Gasteiger partial charge >= 0.3 is 0 Å². The van der Waals surface area contributed by atoms with Crippen molar-refractivity contribution >= 4 is 35.2 Å². The predicted octanol–water partition coefficient (Wildman–Crippen LogP) is 5.97. The molecule has 0 heterocycles. The third-order valence-corrected chi connectivity index (χ3v) is 10.7. The second-order valence-corrected chi connectivity index (χ2v) is 16.9. The van der Waals surface area contributed by atoms with Gasteiger partial charge in [0.15, 0.2) is 17.5 Å². The number of carbonyl (C=O) groups is 5. The Morgan fingerprint density at radius 2 is 1.32 bits per heavy atom. The van der Waals surface area contributed by atoms with E-state index >= 15 is 0 Å². The normalized spacial score (nSPS) is 14.5. The average molecular weight is 841 g/mol. The smallest absolute Gasteiger partial charge is 0.245 e. The molecule has 60 heavy (non-hydrogen) atoms. The molecule has 0 fully saturated rings. The number of aliphatic hydroxyl groups is 2. The van der Waals surface area contributed by atoms with Crippen LogP contribution in [-0.2, 0) is 30.4 Å². The largest absolute Gasteiger partial charge is 0.396 e. The average Bonchev–Trinajstić information content (AvgIpc) is 3.20. The summed E-state index contributed by atoms with van der Waals surface area (Å²) in [6.07, 6.45) is 19.1. The van der Waals surface area contributed by atoms with Crippen LogP contribution in [0.4, 0.5) is 0 Å². The van der Waals surface area contributed by atoms with Crippen LogP contribution in [0.1, 0.15) is 156 Å². The number of carbonyl (C=O) groups excluding carboxylic acids is 5. The van der Waals surface area contributed by atoms with E-state index in [4.69, 9.17) is 11.5 Å². The SMILES string of the molecule is CCCCCCCC/C=C/CCCCCCCC(=O)N[C@H](C(=O)N[C@H](C(=O)C[C@@H](Cc1ccccc1)C(=O)N[C@@H](CCCN=C(N)N)C(=O)C[C@H](C)CO)C(C)C)[C@@H](C)O. The lowest BCUT2D eigenvalue weighted by atomic mass is 9.87. The number of rotatable bonds is 35. The number of aliphatic hydroxyl groups excluding tert-OH is 2. The Morgan fingerprint density at radius 1 is 0.717 bits per heavy atom. The molecule has 13 nitrogen and oxygen atoms in total. The number of aliphatic imine (C=N–C) groups is 1. The topological polar surface area (TPSA) is 226 Å². The molecule has 0 saturated heterocycles. The highest BCUT2D eigenvalue weighted by Gasteiger charge is 2.34. The molecule has 0 saturated carbocycles. The van der Waals surface area contributed by atoms with Gasteiger partial charge in [-0.2, -0.15) is 0 Å². The van der Waals surface area contributed by atoms with E-state index in [1.165, 1.54) is 45.4 Å². The van der Waals surface area contributed by atoms with Gasteiger partial charge in [0.05, 0.1) is 18.2 Å². The summed E-state index contributed by atoms with van der Waals surface area (Å²) >= 11 is 0. The molecule has 0 aliphatic heterocycles. The Labute approximate surface area is 360 Å². The Hall–Kier alpha value is -4.10. The van der Waals surface area contributed by atoms with Gasteiger partial charge < -0.3 is 37.6 Å². The van der Waals surface area contributed by atoms with Gasteiger partial charge in [0.1, 0.15) is 6.04 Å². The van der Waals surface area contributed by atoms with Crippen molar-refractivity contribution in [2.45, 2.75) is 181 Å². The molecule has 340 valence electrons. The summed E-state index contributed by atoms with van der Waals surface area (Å²) in [5, 5.41) is 28.4. The van der Waals surface area contributed by atoms with E-state index < -0.39 is 47.7 Å². The number of nitrogens with one attached hydrogen (secondary N) is 3. The zero-order valence-corrected chi connectivity index (χ0v) is 37.5. The second-order valence-electron chi connectivity index (χ2n) is 16.9. The Morgan fingerprint density at radius 3 is 1.88 bits per heavy atom. The maximum atomic E-state index is 14.0.